The number of ether oxygens (including phenoxy) is 1. The summed E-state index contributed by atoms with van der Waals surface area (Å²) in [5.41, 5.74) is 2.15. The number of hydrogen-bond acceptors (Lipinski definition) is 3. The second kappa shape index (κ2) is 7.28. The Balaban J connectivity index is 2.10. The Morgan fingerprint density at radius 2 is 2.05 bits per heavy atom. The van der Waals surface area contributed by atoms with Crippen molar-refractivity contribution in [1.82, 2.24) is 5.32 Å². The van der Waals surface area contributed by atoms with Crippen LogP contribution in [0.2, 0.25) is 0 Å². The van der Waals surface area contributed by atoms with Gasteiger partial charge in [-0.2, -0.15) is 5.26 Å². The third kappa shape index (κ3) is 3.79. The van der Waals surface area contributed by atoms with Gasteiger partial charge in [0.15, 0.2) is 0 Å². The standard InChI is InChI=1S/C16H22N2O/c1-19-12-13-7-5-6-10-15(13)16(11-17)18-14-8-3-2-4-9-14/h5-7,10,14,16,18H,2-4,8-9,12H2,1H3. The molecule has 2 rings (SSSR count). The molecule has 1 saturated carbocycles. The highest BCUT2D eigenvalue weighted by Crippen LogP contribution is 2.23. The molecule has 102 valence electrons. The lowest BCUT2D eigenvalue weighted by Gasteiger charge is -2.26. The predicted molar refractivity (Wildman–Crippen MR) is 75.5 cm³/mol. The molecule has 1 aliphatic rings. The molecule has 0 heterocycles. The molecule has 3 nitrogen and oxygen atoms in total. The van der Waals surface area contributed by atoms with E-state index in [0.29, 0.717) is 12.6 Å². The van der Waals surface area contributed by atoms with Gasteiger partial charge in [-0.25, -0.2) is 0 Å². The van der Waals surface area contributed by atoms with Crippen LogP contribution in [0, 0.1) is 11.3 Å². The summed E-state index contributed by atoms with van der Waals surface area (Å²) in [5, 5.41) is 13.0. The molecule has 0 amide bonds. The van der Waals surface area contributed by atoms with Crippen molar-refractivity contribution < 1.29 is 4.74 Å². The Labute approximate surface area is 115 Å². The Hall–Kier alpha value is -1.37. The van der Waals surface area contributed by atoms with E-state index in [4.69, 9.17) is 4.74 Å². The average Bonchev–Trinajstić information content (AvgIpc) is 2.47. The van der Waals surface area contributed by atoms with E-state index in [1.165, 1.54) is 32.1 Å². The third-order valence-electron chi connectivity index (χ3n) is 3.80. The van der Waals surface area contributed by atoms with Gasteiger partial charge in [0, 0.05) is 13.2 Å². The van der Waals surface area contributed by atoms with Gasteiger partial charge in [0.05, 0.1) is 12.7 Å². The minimum absolute atomic E-state index is 0.227. The van der Waals surface area contributed by atoms with E-state index in [0.717, 1.165) is 11.1 Å². The summed E-state index contributed by atoms with van der Waals surface area (Å²) in [4.78, 5) is 0. The summed E-state index contributed by atoms with van der Waals surface area (Å²) in [7, 11) is 1.69. The number of nitriles is 1. The summed E-state index contributed by atoms with van der Waals surface area (Å²) in [6, 6.07) is 10.7. The first kappa shape index (κ1) is 14.0. The zero-order chi connectivity index (χ0) is 13.5. The molecule has 0 spiro atoms. The van der Waals surface area contributed by atoms with E-state index >= 15 is 0 Å². The van der Waals surface area contributed by atoms with Crippen LogP contribution in [0.4, 0.5) is 0 Å². The molecule has 1 aromatic carbocycles. The lowest BCUT2D eigenvalue weighted by atomic mass is 9.93. The fourth-order valence-electron chi connectivity index (χ4n) is 2.80. The van der Waals surface area contributed by atoms with Crippen LogP contribution in [0.25, 0.3) is 0 Å². The number of nitrogens with one attached hydrogen (secondary N) is 1. The van der Waals surface area contributed by atoms with E-state index in [1.807, 2.05) is 24.3 Å². The largest absolute Gasteiger partial charge is 0.380 e. The second-order valence-electron chi connectivity index (χ2n) is 5.20. The fraction of sp³-hybridized carbons (Fsp3) is 0.562. The molecule has 1 N–H and O–H groups in total. The van der Waals surface area contributed by atoms with Crippen LogP contribution in [-0.2, 0) is 11.3 Å². The summed E-state index contributed by atoms with van der Waals surface area (Å²) in [5.74, 6) is 0. The summed E-state index contributed by atoms with van der Waals surface area (Å²) in [6.45, 7) is 0.556. The number of benzene rings is 1. The number of rotatable bonds is 5. The molecule has 1 aromatic rings. The Bertz CT molecular complexity index is 433. The molecule has 3 heteroatoms. The maximum atomic E-state index is 9.45. The number of methoxy groups -OCH3 is 1. The first-order valence-electron chi connectivity index (χ1n) is 7.07. The van der Waals surface area contributed by atoms with Gasteiger partial charge in [-0.3, -0.25) is 5.32 Å². The van der Waals surface area contributed by atoms with E-state index in [1.54, 1.807) is 7.11 Å². The SMILES string of the molecule is COCc1ccccc1C(C#N)NC1CCCCC1. The van der Waals surface area contributed by atoms with Crippen molar-refractivity contribution in [3.8, 4) is 6.07 Å². The van der Waals surface area contributed by atoms with Crippen LogP contribution in [-0.4, -0.2) is 13.2 Å². The molecule has 0 radical (unpaired) electrons. The van der Waals surface area contributed by atoms with Crippen LogP contribution in [0.1, 0.15) is 49.3 Å². The first-order chi connectivity index (χ1) is 9.35. The van der Waals surface area contributed by atoms with Crippen molar-refractivity contribution in [1.29, 1.82) is 5.26 Å². The van der Waals surface area contributed by atoms with Crippen molar-refractivity contribution in [3.05, 3.63) is 35.4 Å². The van der Waals surface area contributed by atoms with Gasteiger partial charge in [-0.1, -0.05) is 43.5 Å². The molecule has 1 unspecified atom stereocenters. The van der Waals surface area contributed by atoms with Gasteiger partial charge >= 0.3 is 0 Å². The van der Waals surface area contributed by atoms with Gasteiger partial charge in [-0.15, -0.1) is 0 Å². The molecule has 0 aromatic heterocycles. The van der Waals surface area contributed by atoms with Gasteiger partial charge in [0.1, 0.15) is 6.04 Å². The van der Waals surface area contributed by atoms with Crippen molar-refractivity contribution >= 4 is 0 Å². The van der Waals surface area contributed by atoms with E-state index < -0.39 is 0 Å². The van der Waals surface area contributed by atoms with Crippen molar-refractivity contribution in [2.24, 2.45) is 0 Å². The molecule has 0 aliphatic heterocycles. The lowest BCUT2D eigenvalue weighted by molar-refractivity contribution is 0.183. The maximum Gasteiger partial charge on any atom is 0.121 e. The van der Waals surface area contributed by atoms with Crippen molar-refractivity contribution in [3.63, 3.8) is 0 Å². The zero-order valence-corrected chi connectivity index (χ0v) is 11.6. The van der Waals surface area contributed by atoms with Crippen LogP contribution in [0.3, 0.4) is 0 Å². The zero-order valence-electron chi connectivity index (χ0n) is 11.6. The highest BCUT2D eigenvalue weighted by Gasteiger charge is 2.20. The number of nitrogens with zero attached hydrogens (tertiary/aromatic N) is 1. The predicted octanol–water partition coefficient (Wildman–Crippen LogP) is 3.32. The summed E-state index contributed by atoms with van der Waals surface area (Å²) < 4.78 is 5.22. The molecule has 1 fully saturated rings. The lowest BCUT2D eigenvalue weighted by Crippen LogP contribution is -2.34. The van der Waals surface area contributed by atoms with Crippen molar-refractivity contribution in [2.75, 3.05) is 7.11 Å². The Morgan fingerprint density at radius 3 is 2.74 bits per heavy atom. The second-order valence-corrected chi connectivity index (χ2v) is 5.20. The highest BCUT2D eigenvalue weighted by molar-refractivity contribution is 5.33. The van der Waals surface area contributed by atoms with Gasteiger partial charge in [0.2, 0.25) is 0 Å². The monoisotopic (exact) mass is 258 g/mol. The molecule has 0 saturated heterocycles. The molecular formula is C16H22N2O. The molecule has 1 atom stereocenters. The Kier molecular flexibility index (Phi) is 5.38. The van der Waals surface area contributed by atoms with Crippen molar-refractivity contribution in [2.45, 2.75) is 50.8 Å². The van der Waals surface area contributed by atoms with Gasteiger partial charge in [-0.05, 0) is 24.0 Å². The van der Waals surface area contributed by atoms with Crippen LogP contribution in [0.5, 0.6) is 0 Å². The fourth-order valence-corrected chi connectivity index (χ4v) is 2.80. The Morgan fingerprint density at radius 1 is 1.32 bits per heavy atom. The average molecular weight is 258 g/mol. The molecule has 19 heavy (non-hydrogen) atoms. The van der Waals surface area contributed by atoms with Crippen LogP contribution >= 0.6 is 0 Å². The maximum absolute atomic E-state index is 9.45. The van der Waals surface area contributed by atoms with Crippen LogP contribution in [0.15, 0.2) is 24.3 Å². The highest BCUT2D eigenvalue weighted by atomic mass is 16.5. The van der Waals surface area contributed by atoms with Gasteiger partial charge in [0.25, 0.3) is 0 Å². The third-order valence-corrected chi connectivity index (χ3v) is 3.80. The molecule has 1 aliphatic carbocycles. The topological polar surface area (TPSA) is 45.0 Å². The summed E-state index contributed by atoms with van der Waals surface area (Å²) >= 11 is 0. The van der Waals surface area contributed by atoms with E-state index in [9.17, 15) is 5.26 Å². The first-order valence-corrected chi connectivity index (χ1v) is 7.07. The van der Waals surface area contributed by atoms with Crippen LogP contribution < -0.4 is 5.32 Å². The van der Waals surface area contributed by atoms with Gasteiger partial charge < -0.3 is 4.74 Å². The quantitative estimate of drug-likeness (QED) is 0.881. The van der Waals surface area contributed by atoms with E-state index in [2.05, 4.69) is 11.4 Å². The molecule has 0 bridgehead atoms. The number of hydrogen-bond donors (Lipinski definition) is 1. The smallest absolute Gasteiger partial charge is 0.121 e. The minimum atomic E-state index is -0.227. The normalized spacial score (nSPS) is 17.9. The molecular weight excluding hydrogens is 236 g/mol. The minimum Gasteiger partial charge on any atom is -0.380 e. The summed E-state index contributed by atoms with van der Waals surface area (Å²) in [6.07, 6.45) is 6.25. The van der Waals surface area contributed by atoms with E-state index in [-0.39, 0.29) is 6.04 Å².